The molecule has 2 fully saturated rings. The molecule has 2 aromatic rings. The summed E-state index contributed by atoms with van der Waals surface area (Å²) >= 11 is 0. The molecule has 3 amide bonds. The maximum Gasteiger partial charge on any atom is 0.322 e. The first kappa shape index (κ1) is 21.1. The van der Waals surface area contributed by atoms with Crippen molar-refractivity contribution in [2.24, 2.45) is 0 Å². The molecule has 2 atom stereocenters. The first-order chi connectivity index (χ1) is 15.0. The molecule has 2 aromatic carbocycles. The number of nitrogens with one attached hydrogen (secondary N) is 2. The molecule has 2 aliphatic rings. The number of urea groups is 1. The second kappa shape index (κ2) is 9.34. The maximum absolute atomic E-state index is 13.4. The van der Waals surface area contributed by atoms with Gasteiger partial charge in [-0.2, -0.15) is 0 Å². The van der Waals surface area contributed by atoms with Crippen LogP contribution < -0.4 is 15.4 Å². The van der Waals surface area contributed by atoms with E-state index in [0.29, 0.717) is 30.3 Å². The van der Waals surface area contributed by atoms with Crippen molar-refractivity contribution in [2.45, 2.75) is 37.8 Å². The Bertz CT molecular complexity index is 966. The number of morpholine rings is 1. The van der Waals surface area contributed by atoms with Gasteiger partial charge in [0.2, 0.25) is 0 Å². The summed E-state index contributed by atoms with van der Waals surface area (Å²) in [7, 11) is 1.49. The minimum absolute atomic E-state index is 0.0906. The van der Waals surface area contributed by atoms with Crippen LogP contribution in [0.15, 0.2) is 42.5 Å². The normalized spacial score (nSPS) is 20.5. The number of carbonyl (C=O) groups is 2. The Morgan fingerprint density at radius 2 is 1.97 bits per heavy atom. The van der Waals surface area contributed by atoms with Crippen LogP contribution in [0, 0.1) is 5.82 Å². The van der Waals surface area contributed by atoms with Gasteiger partial charge in [0, 0.05) is 17.8 Å². The number of carbonyl (C=O) groups excluding carboxylic acids is 2. The Labute approximate surface area is 180 Å². The highest BCUT2D eigenvalue weighted by molar-refractivity contribution is 6.05. The fraction of sp³-hybridized carbons (Fsp3) is 0.391. The molecule has 0 bridgehead atoms. The highest BCUT2D eigenvalue weighted by atomic mass is 19.1. The molecular formula is C23H26FN3O4. The third kappa shape index (κ3) is 4.80. The summed E-state index contributed by atoms with van der Waals surface area (Å²) in [6.07, 6.45) is 4.24. The van der Waals surface area contributed by atoms with Crippen LogP contribution in [0.3, 0.4) is 0 Å². The van der Waals surface area contributed by atoms with E-state index in [9.17, 15) is 14.0 Å². The quantitative estimate of drug-likeness (QED) is 0.764. The molecule has 31 heavy (non-hydrogen) atoms. The number of hydrogen-bond acceptors (Lipinski definition) is 4. The standard InChI is InChI=1S/C23H26FN3O4/c1-30-20-10-9-17(14-18(20)26-22(28)15-5-4-6-16(24)13-15)25-23(29)27-11-12-31-21-8-3-2-7-19(21)27/h4-6,9-10,13-14,19,21H,2-3,7-8,11-12H2,1H3,(H,25,29)(H,26,28)/t19-,21+/m1/s1. The lowest BCUT2D eigenvalue weighted by Gasteiger charge is -2.43. The first-order valence-corrected chi connectivity index (χ1v) is 10.5. The number of amides is 3. The number of benzene rings is 2. The van der Waals surface area contributed by atoms with E-state index in [4.69, 9.17) is 9.47 Å². The number of methoxy groups -OCH3 is 1. The van der Waals surface area contributed by atoms with Crippen LogP contribution in [-0.4, -0.2) is 49.2 Å². The maximum atomic E-state index is 13.4. The summed E-state index contributed by atoms with van der Waals surface area (Å²) < 4.78 is 24.6. The van der Waals surface area contributed by atoms with Gasteiger partial charge in [-0.15, -0.1) is 0 Å². The molecule has 4 rings (SSSR count). The van der Waals surface area contributed by atoms with E-state index in [0.717, 1.165) is 31.7 Å². The Balaban J connectivity index is 1.49. The van der Waals surface area contributed by atoms with Gasteiger partial charge < -0.3 is 25.0 Å². The van der Waals surface area contributed by atoms with Crippen LogP contribution in [0.5, 0.6) is 5.75 Å². The summed E-state index contributed by atoms with van der Waals surface area (Å²) in [5.74, 6) is -0.534. The molecular weight excluding hydrogens is 401 g/mol. The molecule has 0 unspecified atom stereocenters. The van der Waals surface area contributed by atoms with Crippen LogP contribution in [-0.2, 0) is 4.74 Å². The van der Waals surface area contributed by atoms with E-state index in [1.54, 1.807) is 18.2 Å². The monoisotopic (exact) mass is 427 g/mol. The molecule has 0 spiro atoms. The Kier molecular flexibility index (Phi) is 6.36. The molecule has 164 valence electrons. The van der Waals surface area contributed by atoms with Crippen LogP contribution in [0.2, 0.25) is 0 Å². The number of hydrogen-bond donors (Lipinski definition) is 2. The van der Waals surface area contributed by atoms with Crippen molar-refractivity contribution in [1.82, 2.24) is 4.90 Å². The molecule has 1 aliphatic heterocycles. The van der Waals surface area contributed by atoms with Gasteiger partial charge in [0.1, 0.15) is 11.6 Å². The zero-order chi connectivity index (χ0) is 21.8. The van der Waals surface area contributed by atoms with E-state index in [2.05, 4.69) is 10.6 Å². The molecule has 2 N–H and O–H groups in total. The number of halogens is 1. The minimum atomic E-state index is -0.493. The third-order valence-corrected chi connectivity index (χ3v) is 5.78. The zero-order valence-electron chi connectivity index (χ0n) is 17.4. The molecule has 7 nitrogen and oxygen atoms in total. The highest BCUT2D eigenvalue weighted by Gasteiger charge is 2.36. The van der Waals surface area contributed by atoms with Crippen LogP contribution in [0.1, 0.15) is 36.0 Å². The smallest absolute Gasteiger partial charge is 0.322 e. The number of fused-ring (bicyclic) bond motifs is 1. The van der Waals surface area contributed by atoms with Gasteiger partial charge >= 0.3 is 6.03 Å². The van der Waals surface area contributed by atoms with Gasteiger partial charge in [-0.1, -0.05) is 18.9 Å². The topological polar surface area (TPSA) is 79.9 Å². The van der Waals surface area contributed by atoms with Gasteiger partial charge in [-0.3, -0.25) is 4.79 Å². The number of anilines is 2. The predicted octanol–water partition coefficient (Wildman–Crippen LogP) is 4.26. The van der Waals surface area contributed by atoms with Crippen LogP contribution >= 0.6 is 0 Å². The van der Waals surface area contributed by atoms with Crippen molar-refractivity contribution in [3.05, 3.63) is 53.8 Å². The van der Waals surface area contributed by atoms with E-state index < -0.39 is 11.7 Å². The average molecular weight is 427 g/mol. The van der Waals surface area contributed by atoms with Crippen LogP contribution in [0.25, 0.3) is 0 Å². The van der Waals surface area contributed by atoms with E-state index >= 15 is 0 Å². The summed E-state index contributed by atoms with van der Waals surface area (Å²) in [4.78, 5) is 27.3. The second-order valence-corrected chi connectivity index (χ2v) is 7.76. The van der Waals surface area contributed by atoms with Gasteiger partial charge in [0.15, 0.2) is 0 Å². The van der Waals surface area contributed by atoms with E-state index in [-0.39, 0.29) is 23.7 Å². The molecule has 1 saturated heterocycles. The largest absolute Gasteiger partial charge is 0.495 e. The molecule has 1 saturated carbocycles. The fourth-order valence-corrected chi connectivity index (χ4v) is 4.25. The number of ether oxygens (including phenoxy) is 2. The lowest BCUT2D eigenvalue weighted by atomic mass is 9.90. The molecule has 1 heterocycles. The summed E-state index contributed by atoms with van der Waals surface area (Å²) in [5.41, 5.74) is 1.10. The Morgan fingerprint density at radius 1 is 1.13 bits per heavy atom. The van der Waals surface area contributed by atoms with Crippen molar-refractivity contribution in [3.63, 3.8) is 0 Å². The molecule has 0 radical (unpaired) electrons. The number of rotatable bonds is 4. The Hall–Kier alpha value is -3.13. The predicted molar refractivity (Wildman–Crippen MR) is 115 cm³/mol. The summed E-state index contributed by atoms with van der Waals surface area (Å²) in [6.45, 7) is 1.08. The molecule has 0 aromatic heterocycles. The Morgan fingerprint density at radius 3 is 2.77 bits per heavy atom. The van der Waals surface area contributed by atoms with Crippen molar-refractivity contribution in [1.29, 1.82) is 0 Å². The first-order valence-electron chi connectivity index (χ1n) is 10.5. The third-order valence-electron chi connectivity index (χ3n) is 5.78. The minimum Gasteiger partial charge on any atom is -0.495 e. The van der Waals surface area contributed by atoms with Crippen molar-refractivity contribution in [3.8, 4) is 5.75 Å². The lowest BCUT2D eigenvalue weighted by Crippen LogP contribution is -2.55. The fourth-order valence-electron chi connectivity index (χ4n) is 4.25. The summed E-state index contributed by atoms with van der Waals surface area (Å²) in [6, 6.07) is 10.3. The van der Waals surface area contributed by atoms with Gasteiger partial charge in [-0.05, 0) is 49.2 Å². The summed E-state index contributed by atoms with van der Waals surface area (Å²) in [5, 5.41) is 5.65. The second-order valence-electron chi connectivity index (χ2n) is 7.76. The number of nitrogens with zero attached hydrogens (tertiary/aromatic N) is 1. The van der Waals surface area contributed by atoms with E-state index in [1.807, 2.05) is 4.90 Å². The van der Waals surface area contributed by atoms with Gasteiger partial charge in [0.25, 0.3) is 5.91 Å². The van der Waals surface area contributed by atoms with Gasteiger partial charge in [0.05, 0.1) is 31.5 Å². The zero-order valence-corrected chi connectivity index (χ0v) is 17.4. The van der Waals surface area contributed by atoms with Gasteiger partial charge in [-0.25, -0.2) is 9.18 Å². The molecule has 8 heteroatoms. The highest BCUT2D eigenvalue weighted by Crippen LogP contribution is 2.31. The lowest BCUT2D eigenvalue weighted by molar-refractivity contribution is -0.0694. The molecule has 1 aliphatic carbocycles. The van der Waals surface area contributed by atoms with Crippen molar-refractivity contribution < 1.29 is 23.5 Å². The average Bonchev–Trinajstić information content (AvgIpc) is 2.79. The SMILES string of the molecule is COc1ccc(NC(=O)N2CCO[C@H]3CCCC[C@H]32)cc1NC(=O)c1cccc(F)c1. The van der Waals surface area contributed by atoms with E-state index in [1.165, 1.54) is 25.3 Å². The van der Waals surface area contributed by atoms with Crippen molar-refractivity contribution in [2.75, 3.05) is 30.9 Å². The van der Waals surface area contributed by atoms with Crippen molar-refractivity contribution >= 4 is 23.3 Å². The van der Waals surface area contributed by atoms with Crippen LogP contribution in [0.4, 0.5) is 20.6 Å².